The van der Waals surface area contributed by atoms with E-state index in [0.717, 1.165) is 49.2 Å². The SMILES string of the molecule is C=C/C=C(\C=C/C(C)Cl)C(C(C)/C=C\C(Cl)=C/C)N1CCN(Cc2nc(NC(CCN(C)C)C(N)=O)c3ccccc3n2)CC1. The van der Waals surface area contributed by atoms with Crippen LogP contribution in [-0.4, -0.2) is 94.9 Å². The number of amides is 1. The van der Waals surface area contributed by atoms with E-state index in [9.17, 15) is 4.79 Å². The van der Waals surface area contributed by atoms with Crippen LogP contribution in [0.5, 0.6) is 0 Å². The summed E-state index contributed by atoms with van der Waals surface area (Å²) in [7, 11) is 3.95. The number of allylic oxidation sites excluding steroid dienone is 6. The summed E-state index contributed by atoms with van der Waals surface area (Å²) in [6, 6.07) is 7.45. The van der Waals surface area contributed by atoms with Crippen molar-refractivity contribution in [1.82, 2.24) is 24.7 Å². The average Bonchev–Trinajstić information content (AvgIpc) is 3.01. The zero-order valence-corrected chi connectivity index (χ0v) is 28.8. The van der Waals surface area contributed by atoms with Gasteiger partial charge in [-0.2, -0.15) is 0 Å². The first-order valence-electron chi connectivity index (χ1n) is 15.6. The maximum Gasteiger partial charge on any atom is 0.240 e. The van der Waals surface area contributed by atoms with Crippen LogP contribution in [0.3, 0.4) is 0 Å². The lowest BCUT2D eigenvalue weighted by molar-refractivity contribution is -0.118. The second-order valence-electron chi connectivity index (χ2n) is 11.8. The molecule has 4 atom stereocenters. The Balaban J connectivity index is 1.81. The number of nitrogens with zero attached hydrogens (tertiary/aromatic N) is 5. The minimum absolute atomic E-state index is 0.0772. The number of halogens is 2. The summed E-state index contributed by atoms with van der Waals surface area (Å²) >= 11 is 12.6. The molecule has 3 N–H and O–H groups in total. The number of nitrogens with one attached hydrogen (secondary N) is 1. The number of rotatable bonds is 16. The molecular formula is C35H49Cl2N7O. The number of alkyl halides is 1. The van der Waals surface area contributed by atoms with Gasteiger partial charge in [0.25, 0.3) is 0 Å². The van der Waals surface area contributed by atoms with Gasteiger partial charge in [-0.15, -0.1) is 11.6 Å². The minimum Gasteiger partial charge on any atom is -0.368 e. The van der Waals surface area contributed by atoms with Crippen molar-refractivity contribution < 1.29 is 4.79 Å². The van der Waals surface area contributed by atoms with E-state index in [1.165, 1.54) is 0 Å². The molecule has 1 aromatic carbocycles. The fourth-order valence-corrected chi connectivity index (χ4v) is 5.61. The molecule has 1 aliphatic heterocycles. The summed E-state index contributed by atoms with van der Waals surface area (Å²) in [5, 5.41) is 4.83. The molecule has 0 aliphatic carbocycles. The van der Waals surface area contributed by atoms with Crippen molar-refractivity contribution in [2.24, 2.45) is 11.7 Å². The number of primary amides is 1. The van der Waals surface area contributed by atoms with E-state index in [-0.39, 0.29) is 17.3 Å². The molecule has 0 spiro atoms. The van der Waals surface area contributed by atoms with Crippen molar-refractivity contribution in [3.63, 3.8) is 0 Å². The topological polar surface area (TPSA) is 90.6 Å². The third-order valence-electron chi connectivity index (χ3n) is 7.87. The Morgan fingerprint density at radius 3 is 2.47 bits per heavy atom. The Hall–Kier alpha value is -3.01. The highest BCUT2D eigenvalue weighted by atomic mass is 35.5. The number of anilines is 1. The molecule has 0 saturated carbocycles. The van der Waals surface area contributed by atoms with Gasteiger partial charge in [0.1, 0.15) is 17.7 Å². The molecule has 8 nitrogen and oxygen atoms in total. The molecule has 3 rings (SSSR count). The minimum atomic E-state index is -0.536. The number of fused-ring (bicyclic) bond motifs is 1. The predicted octanol–water partition coefficient (Wildman–Crippen LogP) is 5.96. The van der Waals surface area contributed by atoms with E-state index in [1.54, 1.807) is 0 Å². The van der Waals surface area contributed by atoms with Crippen LogP contribution in [0.4, 0.5) is 5.82 Å². The van der Waals surface area contributed by atoms with Gasteiger partial charge in [0.2, 0.25) is 5.91 Å². The highest BCUT2D eigenvalue weighted by Gasteiger charge is 2.29. The monoisotopic (exact) mass is 653 g/mol. The summed E-state index contributed by atoms with van der Waals surface area (Å²) in [6.45, 7) is 14.8. The molecule has 2 heterocycles. The van der Waals surface area contributed by atoms with Crippen molar-refractivity contribution in [2.45, 2.75) is 51.2 Å². The summed E-state index contributed by atoms with van der Waals surface area (Å²) < 4.78 is 0. The van der Waals surface area contributed by atoms with E-state index in [4.69, 9.17) is 38.9 Å². The molecule has 1 aromatic heterocycles. The van der Waals surface area contributed by atoms with Crippen LogP contribution >= 0.6 is 23.2 Å². The van der Waals surface area contributed by atoms with Crippen LogP contribution in [0.15, 0.2) is 84.0 Å². The van der Waals surface area contributed by atoms with Gasteiger partial charge in [-0.05, 0) is 70.6 Å². The van der Waals surface area contributed by atoms with Crippen LogP contribution in [0.1, 0.15) is 33.0 Å². The van der Waals surface area contributed by atoms with Crippen molar-refractivity contribution in [3.8, 4) is 0 Å². The number of aromatic nitrogens is 2. The first kappa shape index (κ1) is 36.5. The van der Waals surface area contributed by atoms with Gasteiger partial charge >= 0.3 is 0 Å². The third kappa shape index (κ3) is 11.4. The van der Waals surface area contributed by atoms with Gasteiger partial charge in [-0.25, -0.2) is 9.97 Å². The summed E-state index contributed by atoms with van der Waals surface area (Å²) in [4.78, 5) is 29.0. The number of benzene rings is 1. The number of piperazine rings is 1. The van der Waals surface area contributed by atoms with Crippen molar-refractivity contribution in [2.75, 3.05) is 52.1 Å². The van der Waals surface area contributed by atoms with E-state index in [2.05, 4.69) is 46.8 Å². The van der Waals surface area contributed by atoms with Gasteiger partial charge in [0.05, 0.1) is 12.1 Å². The Labute approximate surface area is 279 Å². The van der Waals surface area contributed by atoms with Crippen LogP contribution in [-0.2, 0) is 11.3 Å². The largest absolute Gasteiger partial charge is 0.368 e. The lowest BCUT2D eigenvalue weighted by atomic mass is 9.90. The molecule has 10 heteroatoms. The molecule has 1 saturated heterocycles. The van der Waals surface area contributed by atoms with Crippen LogP contribution in [0, 0.1) is 5.92 Å². The molecule has 4 unspecified atom stereocenters. The lowest BCUT2D eigenvalue weighted by Gasteiger charge is -2.41. The normalized spacial score (nSPS) is 18.5. The lowest BCUT2D eigenvalue weighted by Crippen LogP contribution is -2.52. The van der Waals surface area contributed by atoms with Crippen molar-refractivity contribution >= 4 is 45.8 Å². The maximum absolute atomic E-state index is 12.3. The number of hydrogen-bond donors (Lipinski definition) is 2. The second kappa shape index (κ2) is 18.2. The van der Waals surface area contributed by atoms with E-state index >= 15 is 0 Å². The zero-order chi connectivity index (χ0) is 32.9. The smallest absolute Gasteiger partial charge is 0.240 e. The van der Waals surface area contributed by atoms with Crippen LogP contribution in [0.2, 0.25) is 0 Å². The molecule has 1 amide bonds. The highest BCUT2D eigenvalue weighted by Crippen LogP contribution is 2.26. The number of nitrogens with two attached hydrogens (primary N) is 1. The summed E-state index contributed by atoms with van der Waals surface area (Å²) in [6.07, 6.45) is 14.7. The Kier molecular flexibility index (Phi) is 14.8. The Bertz CT molecular complexity index is 1390. The number of para-hydroxylation sites is 1. The molecular weight excluding hydrogens is 605 g/mol. The van der Waals surface area contributed by atoms with Gasteiger partial charge < -0.3 is 16.0 Å². The van der Waals surface area contributed by atoms with Gasteiger partial charge in [0.15, 0.2) is 0 Å². The summed E-state index contributed by atoms with van der Waals surface area (Å²) in [5.74, 6) is 1.14. The predicted molar refractivity (Wildman–Crippen MR) is 191 cm³/mol. The van der Waals surface area contributed by atoms with Crippen LogP contribution in [0.25, 0.3) is 10.9 Å². The number of hydrogen-bond acceptors (Lipinski definition) is 7. The highest BCUT2D eigenvalue weighted by molar-refractivity contribution is 6.31. The Morgan fingerprint density at radius 1 is 1.13 bits per heavy atom. The first-order chi connectivity index (χ1) is 21.5. The van der Waals surface area contributed by atoms with Gasteiger partial charge in [-0.3, -0.25) is 14.6 Å². The molecule has 244 valence electrons. The fraction of sp³-hybridized carbons (Fsp3) is 0.457. The van der Waals surface area contributed by atoms with E-state index in [0.29, 0.717) is 29.6 Å². The maximum atomic E-state index is 12.3. The van der Waals surface area contributed by atoms with Gasteiger partial charge in [0, 0.05) is 48.0 Å². The molecule has 45 heavy (non-hydrogen) atoms. The third-order valence-corrected chi connectivity index (χ3v) is 8.36. The number of carbonyl (C=O) groups is 1. The average molecular weight is 655 g/mol. The van der Waals surface area contributed by atoms with Crippen molar-refractivity contribution in [1.29, 1.82) is 0 Å². The van der Waals surface area contributed by atoms with Crippen molar-refractivity contribution in [3.05, 3.63) is 89.8 Å². The molecule has 0 bridgehead atoms. The quantitative estimate of drug-likeness (QED) is 0.171. The van der Waals surface area contributed by atoms with Gasteiger partial charge in [-0.1, -0.05) is 73.7 Å². The standard InChI is InChI=1S/C35H49Cl2N7O/c1-7-11-27(16-15-26(4)36)33(25(3)14-17-28(37)8-2)44-22-20-43(21-23-44)24-32-39-30-13-10-9-12-29(30)35(41-32)40-31(34(38)45)18-19-42(5)6/h7-17,25-26,31,33H,1,18-24H2,2-6H3,(H2,38,45)(H,39,40,41)/b16-15-,17-14-,27-11+,28-8+. The Morgan fingerprint density at radius 2 is 1.84 bits per heavy atom. The number of carbonyl (C=O) groups excluding carboxylic acids is 1. The van der Waals surface area contributed by atoms with E-state index < -0.39 is 11.9 Å². The van der Waals surface area contributed by atoms with E-state index in [1.807, 2.05) is 81.4 Å². The molecule has 1 aliphatic rings. The first-order valence-corrected chi connectivity index (χ1v) is 16.4. The molecule has 0 radical (unpaired) electrons. The fourth-order valence-electron chi connectivity index (χ4n) is 5.47. The van der Waals surface area contributed by atoms with Crippen LogP contribution < -0.4 is 11.1 Å². The molecule has 2 aromatic rings. The second-order valence-corrected chi connectivity index (χ2v) is 12.9. The zero-order valence-electron chi connectivity index (χ0n) is 27.3. The molecule has 1 fully saturated rings. The summed E-state index contributed by atoms with van der Waals surface area (Å²) in [5.41, 5.74) is 7.76.